The smallest absolute Gasteiger partial charge is 0.272 e. The van der Waals surface area contributed by atoms with Crippen LogP contribution in [-0.2, 0) is 9.59 Å². The molecule has 208 valence electrons. The van der Waals surface area contributed by atoms with Gasteiger partial charge in [0.25, 0.3) is 11.8 Å². The molecule has 3 amide bonds. The van der Waals surface area contributed by atoms with Crippen LogP contribution >= 0.6 is 35.0 Å². The third-order valence-corrected chi connectivity index (χ3v) is 7.18. The highest BCUT2D eigenvalue weighted by Crippen LogP contribution is 2.26. The van der Waals surface area contributed by atoms with Gasteiger partial charge >= 0.3 is 0 Å². The summed E-state index contributed by atoms with van der Waals surface area (Å²) in [5.74, 6) is -0.371. The molecule has 0 spiro atoms. The van der Waals surface area contributed by atoms with Gasteiger partial charge < -0.3 is 20.7 Å². The van der Waals surface area contributed by atoms with Crippen molar-refractivity contribution in [1.29, 1.82) is 0 Å². The number of ether oxygens (including phenoxy) is 1. The minimum Gasteiger partial charge on any atom is -0.497 e. The lowest BCUT2D eigenvalue weighted by atomic mass is 10.1. The summed E-state index contributed by atoms with van der Waals surface area (Å²) in [4.78, 5) is 39.3. The molecule has 0 heterocycles. The third kappa shape index (κ3) is 8.88. The van der Waals surface area contributed by atoms with E-state index in [0.717, 1.165) is 4.90 Å². The lowest BCUT2D eigenvalue weighted by Crippen LogP contribution is -2.30. The van der Waals surface area contributed by atoms with Gasteiger partial charge in [-0.15, -0.1) is 11.8 Å². The Balaban J connectivity index is 1.41. The molecule has 10 heteroatoms. The van der Waals surface area contributed by atoms with Gasteiger partial charge in [-0.1, -0.05) is 53.5 Å². The molecule has 4 aromatic rings. The summed E-state index contributed by atoms with van der Waals surface area (Å²) in [5, 5.41) is 9.13. The molecule has 0 aliphatic heterocycles. The lowest BCUT2D eigenvalue weighted by molar-refractivity contribution is -0.114. The quantitative estimate of drug-likeness (QED) is 0.132. The van der Waals surface area contributed by atoms with Crippen LogP contribution in [-0.4, -0.2) is 30.6 Å². The maximum Gasteiger partial charge on any atom is 0.272 e. The van der Waals surface area contributed by atoms with E-state index in [9.17, 15) is 14.4 Å². The Kier molecular flexibility index (Phi) is 10.5. The number of amides is 3. The third-order valence-electron chi connectivity index (χ3n) is 5.62. The molecule has 0 atom stereocenters. The van der Waals surface area contributed by atoms with E-state index >= 15 is 0 Å². The van der Waals surface area contributed by atoms with E-state index in [-0.39, 0.29) is 17.4 Å². The molecule has 0 unspecified atom stereocenters. The molecule has 4 aromatic carbocycles. The number of halogens is 2. The number of nitrogens with one attached hydrogen (secondary N) is 3. The minimum absolute atomic E-state index is 0.0584. The van der Waals surface area contributed by atoms with E-state index in [1.807, 2.05) is 0 Å². The maximum atomic E-state index is 13.3. The number of benzene rings is 4. The number of methoxy groups -OCH3 is 1. The number of thioether (sulfide) groups is 1. The Morgan fingerprint density at radius 2 is 1.61 bits per heavy atom. The van der Waals surface area contributed by atoms with Crippen LogP contribution in [0.4, 0.5) is 11.4 Å². The average molecular weight is 607 g/mol. The highest BCUT2D eigenvalue weighted by atomic mass is 35.5. The molecule has 0 aromatic heterocycles. The Hall–Kier alpha value is -4.24. The van der Waals surface area contributed by atoms with Crippen LogP contribution < -0.4 is 20.7 Å². The van der Waals surface area contributed by atoms with Crippen LogP contribution in [0.1, 0.15) is 15.9 Å². The Morgan fingerprint density at radius 3 is 2.32 bits per heavy atom. The Labute approximate surface area is 251 Å². The van der Waals surface area contributed by atoms with E-state index in [1.165, 1.54) is 11.8 Å². The van der Waals surface area contributed by atoms with Gasteiger partial charge in [-0.25, -0.2) is 0 Å². The van der Waals surface area contributed by atoms with Gasteiger partial charge in [0.15, 0.2) is 0 Å². The van der Waals surface area contributed by atoms with E-state index in [1.54, 1.807) is 110 Å². The molecule has 0 radical (unpaired) electrons. The first-order chi connectivity index (χ1) is 19.8. The average Bonchev–Trinajstić information content (AvgIpc) is 2.98. The topological polar surface area (TPSA) is 96.5 Å². The van der Waals surface area contributed by atoms with Crippen molar-refractivity contribution in [2.45, 2.75) is 4.90 Å². The van der Waals surface area contributed by atoms with E-state index in [0.29, 0.717) is 38.3 Å². The number of carbonyl (C=O) groups excluding carboxylic acids is 3. The van der Waals surface area contributed by atoms with Crippen LogP contribution in [0.25, 0.3) is 6.08 Å². The fourth-order valence-corrected chi connectivity index (χ4v) is 4.75. The lowest BCUT2D eigenvalue weighted by Gasteiger charge is -2.12. The van der Waals surface area contributed by atoms with E-state index in [4.69, 9.17) is 27.9 Å². The first-order valence-corrected chi connectivity index (χ1v) is 14.1. The van der Waals surface area contributed by atoms with Crippen molar-refractivity contribution < 1.29 is 19.1 Å². The summed E-state index contributed by atoms with van der Waals surface area (Å²) in [6.45, 7) is 0. The van der Waals surface area contributed by atoms with Crippen LogP contribution in [0.5, 0.6) is 5.75 Å². The first-order valence-electron chi connectivity index (χ1n) is 12.3. The van der Waals surface area contributed by atoms with Crippen LogP contribution in [0.2, 0.25) is 10.0 Å². The number of hydrogen-bond acceptors (Lipinski definition) is 5. The summed E-state index contributed by atoms with van der Waals surface area (Å²) in [7, 11) is 1.55. The van der Waals surface area contributed by atoms with Gasteiger partial charge in [0, 0.05) is 21.2 Å². The summed E-state index contributed by atoms with van der Waals surface area (Å²) in [6.07, 6.45) is 1.58. The van der Waals surface area contributed by atoms with Crippen molar-refractivity contribution >= 4 is 70.1 Å². The van der Waals surface area contributed by atoms with Crippen molar-refractivity contribution in [3.8, 4) is 5.75 Å². The molecule has 0 bridgehead atoms. The second-order valence-electron chi connectivity index (χ2n) is 8.59. The highest BCUT2D eigenvalue weighted by molar-refractivity contribution is 8.00. The van der Waals surface area contributed by atoms with Gasteiger partial charge in [-0.3, -0.25) is 14.4 Å². The van der Waals surface area contributed by atoms with E-state index in [2.05, 4.69) is 16.0 Å². The summed E-state index contributed by atoms with van der Waals surface area (Å²) in [5.41, 5.74) is 2.15. The standard InChI is InChI=1S/C31H25Cl2N3O4S/c1-40-24-9-5-6-20(16-24)17-28(36-30(38)21-7-3-2-4-8-21)31(39)34-23-11-13-25(14-12-23)41-19-29(37)35-27-15-10-22(32)18-26(27)33/h2-18H,19H2,1H3,(H,34,39)(H,35,37)(H,36,38)/b28-17-. The Morgan fingerprint density at radius 1 is 0.854 bits per heavy atom. The van der Waals surface area contributed by atoms with Gasteiger partial charge in [0.1, 0.15) is 11.4 Å². The molecular formula is C31H25Cl2N3O4S. The maximum absolute atomic E-state index is 13.3. The summed E-state index contributed by atoms with van der Waals surface area (Å²) < 4.78 is 5.27. The normalized spacial score (nSPS) is 11.0. The van der Waals surface area contributed by atoms with Crippen molar-refractivity contribution in [3.63, 3.8) is 0 Å². The first kappa shape index (κ1) is 29.7. The minimum atomic E-state index is -0.503. The fraction of sp³-hybridized carbons (Fsp3) is 0.0645. The predicted molar refractivity (Wildman–Crippen MR) is 166 cm³/mol. The molecule has 0 saturated heterocycles. The zero-order chi connectivity index (χ0) is 29.2. The van der Waals surface area contributed by atoms with Crippen LogP contribution in [0, 0.1) is 0 Å². The van der Waals surface area contributed by atoms with Crippen molar-refractivity contribution in [2.24, 2.45) is 0 Å². The van der Waals surface area contributed by atoms with Crippen LogP contribution in [0.15, 0.2) is 108 Å². The molecule has 7 nitrogen and oxygen atoms in total. The number of hydrogen-bond donors (Lipinski definition) is 3. The van der Waals surface area contributed by atoms with Crippen molar-refractivity contribution in [1.82, 2.24) is 5.32 Å². The SMILES string of the molecule is COc1cccc(/C=C(\NC(=O)c2ccccc2)C(=O)Nc2ccc(SCC(=O)Nc3ccc(Cl)cc3Cl)cc2)c1. The van der Waals surface area contributed by atoms with Gasteiger partial charge in [-0.05, 0) is 78.4 Å². The second-order valence-corrected chi connectivity index (χ2v) is 10.5. The van der Waals surface area contributed by atoms with Gasteiger partial charge in [0.2, 0.25) is 5.91 Å². The summed E-state index contributed by atoms with van der Waals surface area (Å²) in [6, 6.07) is 27.6. The monoisotopic (exact) mass is 605 g/mol. The molecule has 41 heavy (non-hydrogen) atoms. The number of rotatable bonds is 10. The molecule has 0 saturated carbocycles. The second kappa shape index (κ2) is 14.4. The van der Waals surface area contributed by atoms with E-state index < -0.39 is 11.8 Å². The molecule has 4 rings (SSSR count). The van der Waals surface area contributed by atoms with Gasteiger partial charge in [-0.2, -0.15) is 0 Å². The highest BCUT2D eigenvalue weighted by Gasteiger charge is 2.15. The zero-order valence-electron chi connectivity index (χ0n) is 21.8. The number of anilines is 2. The number of carbonyl (C=O) groups is 3. The zero-order valence-corrected chi connectivity index (χ0v) is 24.1. The van der Waals surface area contributed by atoms with Gasteiger partial charge in [0.05, 0.1) is 23.6 Å². The fourth-order valence-electron chi connectivity index (χ4n) is 3.60. The molecule has 3 N–H and O–H groups in total. The van der Waals surface area contributed by atoms with Crippen LogP contribution in [0.3, 0.4) is 0 Å². The molecular weight excluding hydrogens is 581 g/mol. The largest absolute Gasteiger partial charge is 0.497 e. The Bertz CT molecular complexity index is 1580. The summed E-state index contributed by atoms with van der Waals surface area (Å²) >= 11 is 13.3. The predicted octanol–water partition coefficient (Wildman–Crippen LogP) is 7.14. The molecule has 0 aliphatic rings. The van der Waals surface area contributed by atoms with Crippen molar-refractivity contribution in [3.05, 3.63) is 124 Å². The molecule has 0 fully saturated rings. The molecule has 0 aliphatic carbocycles. The van der Waals surface area contributed by atoms with Crippen molar-refractivity contribution in [2.75, 3.05) is 23.5 Å².